The summed E-state index contributed by atoms with van der Waals surface area (Å²) in [5.74, 6) is -0.0683. The van der Waals surface area contributed by atoms with Crippen molar-refractivity contribution in [2.24, 2.45) is 5.73 Å². The van der Waals surface area contributed by atoms with Crippen LogP contribution in [0.5, 0.6) is 0 Å². The molecule has 134 valence electrons. The van der Waals surface area contributed by atoms with Gasteiger partial charge in [0.15, 0.2) is 0 Å². The third-order valence-corrected chi connectivity index (χ3v) is 6.35. The highest BCUT2D eigenvalue weighted by Crippen LogP contribution is 2.31. The van der Waals surface area contributed by atoms with Gasteiger partial charge in [0.2, 0.25) is 0 Å². The van der Waals surface area contributed by atoms with Gasteiger partial charge in [-0.3, -0.25) is 9.69 Å². The monoisotopic (exact) mass is 351 g/mol. The van der Waals surface area contributed by atoms with Gasteiger partial charge >= 0.3 is 0 Å². The zero-order chi connectivity index (χ0) is 17.0. The summed E-state index contributed by atoms with van der Waals surface area (Å²) in [6.45, 7) is 5.62. The van der Waals surface area contributed by atoms with E-state index in [4.69, 9.17) is 5.73 Å². The molecule has 0 radical (unpaired) electrons. The minimum Gasteiger partial charge on any atom is -0.349 e. The number of carbonyl (C=O) groups excluding carboxylic acids is 1. The van der Waals surface area contributed by atoms with Crippen molar-refractivity contribution in [3.05, 3.63) is 16.1 Å². The van der Waals surface area contributed by atoms with Gasteiger partial charge in [-0.1, -0.05) is 6.42 Å². The lowest BCUT2D eigenvalue weighted by Crippen LogP contribution is -2.61. The van der Waals surface area contributed by atoms with Gasteiger partial charge < -0.3 is 16.0 Å². The molecule has 3 heterocycles. The van der Waals surface area contributed by atoms with Crippen LogP contribution in [0.2, 0.25) is 0 Å². The summed E-state index contributed by atoms with van der Waals surface area (Å²) in [7, 11) is 2.18. The number of piperidine rings is 2. The van der Waals surface area contributed by atoms with Crippen LogP contribution in [0.1, 0.15) is 47.6 Å². The number of carbonyl (C=O) groups is 1. The molecule has 2 saturated heterocycles. The molecule has 2 aliphatic heterocycles. The number of hydrogen-bond acceptors (Lipinski definition) is 6. The Labute approximate surface area is 148 Å². The van der Waals surface area contributed by atoms with Crippen LogP contribution in [-0.4, -0.2) is 66.0 Å². The van der Waals surface area contributed by atoms with Crippen LogP contribution in [0, 0.1) is 0 Å². The van der Waals surface area contributed by atoms with Gasteiger partial charge in [-0.2, -0.15) is 0 Å². The Morgan fingerprint density at radius 3 is 2.62 bits per heavy atom. The SMILES string of the molecule is CN1CCC(CNC(=O)c2csc(CN)n2)(N2CCCCC2)CC1. The number of nitrogens with one attached hydrogen (secondary N) is 1. The van der Waals surface area contributed by atoms with E-state index in [1.807, 2.05) is 0 Å². The smallest absolute Gasteiger partial charge is 0.270 e. The summed E-state index contributed by atoms with van der Waals surface area (Å²) >= 11 is 1.45. The van der Waals surface area contributed by atoms with Crippen molar-refractivity contribution in [2.45, 2.75) is 44.2 Å². The largest absolute Gasteiger partial charge is 0.349 e. The van der Waals surface area contributed by atoms with Gasteiger partial charge in [-0.05, 0) is 58.9 Å². The summed E-state index contributed by atoms with van der Waals surface area (Å²) in [6, 6.07) is 0. The molecular weight excluding hydrogens is 322 g/mol. The predicted molar refractivity (Wildman–Crippen MR) is 97.2 cm³/mol. The minimum absolute atomic E-state index is 0.0683. The second kappa shape index (κ2) is 7.91. The number of aromatic nitrogens is 1. The molecule has 0 atom stereocenters. The van der Waals surface area contributed by atoms with Crippen LogP contribution in [0.25, 0.3) is 0 Å². The van der Waals surface area contributed by atoms with Crippen LogP contribution in [-0.2, 0) is 6.54 Å². The summed E-state index contributed by atoms with van der Waals surface area (Å²) in [4.78, 5) is 21.8. The van der Waals surface area contributed by atoms with Gasteiger partial charge in [0.25, 0.3) is 5.91 Å². The van der Waals surface area contributed by atoms with Crippen molar-refractivity contribution in [1.29, 1.82) is 0 Å². The molecule has 0 aromatic carbocycles. The third-order valence-electron chi connectivity index (χ3n) is 5.48. The van der Waals surface area contributed by atoms with Crippen molar-refractivity contribution in [1.82, 2.24) is 20.1 Å². The van der Waals surface area contributed by atoms with E-state index in [2.05, 4.69) is 27.1 Å². The Bertz CT molecular complexity index is 547. The van der Waals surface area contributed by atoms with Crippen molar-refractivity contribution in [3.8, 4) is 0 Å². The van der Waals surface area contributed by atoms with Crippen LogP contribution in [0.15, 0.2) is 5.38 Å². The first-order chi connectivity index (χ1) is 11.6. The number of thiazole rings is 1. The fraction of sp³-hybridized carbons (Fsp3) is 0.765. The van der Waals surface area contributed by atoms with Gasteiger partial charge in [-0.15, -0.1) is 11.3 Å². The fourth-order valence-corrected chi connectivity index (χ4v) is 4.51. The van der Waals surface area contributed by atoms with Crippen LogP contribution in [0.4, 0.5) is 0 Å². The summed E-state index contributed by atoms with van der Waals surface area (Å²) in [5, 5.41) is 5.78. The normalized spacial score (nSPS) is 22.4. The average molecular weight is 352 g/mol. The summed E-state index contributed by atoms with van der Waals surface area (Å²) in [5.41, 5.74) is 6.20. The first-order valence-corrected chi connectivity index (χ1v) is 9.87. The maximum absolute atomic E-state index is 12.5. The molecule has 0 bridgehead atoms. The lowest BCUT2D eigenvalue weighted by molar-refractivity contribution is 0.0145. The molecule has 7 heteroatoms. The molecule has 3 rings (SSSR count). The molecule has 0 aliphatic carbocycles. The Hall–Kier alpha value is -1.02. The van der Waals surface area contributed by atoms with E-state index in [1.54, 1.807) is 5.38 Å². The molecule has 1 aromatic heterocycles. The maximum Gasteiger partial charge on any atom is 0.270 e. The Balaban J connectivity index is 1.66. The zero-order valence-electron chi connectivity index (χ0n) is 14.6. The van der Waals surface area contributed by atoms with E-state index in [-0.39, 0.29) is 11.4 Å². The molecule has 2 aliphatic rings. The number of nitrogens with two attached hydrogens (primary N) is 1. The van der Waals surface area contributed by atoms with E-state index in [1.165, 1.54) is 30.6 Å². The molecule has 2 fully saturated rings. The second-order valence-electron chi connectivity index (χ2n) is 7.09. The zero-order valence-corrected chi connectivity index (χ0v) is 15.4. The minimum atomic E-state index is -0.0683. The van der Waals surface area contributed by atoms with Crippen LogP contribution >= 0.6 is 11.3 Å². The summed E-state index contributed by atoms with van der Waals surface area (Å²) in [6.07, 6.45) is 6.12. The number of nitrogens with zero attached hydrogens (tertiary/aromatic N) is 3. The lowest BCUT2D eigenvalue weighted by Gasteiger charge is -2.50. The van der Waals surface area contributed by atoms with Crippen LogP contribution < -0.4 is 11.1 Å². The summed E-state index contributed by atoms with van der Waals surface area (Å²) < 4.78 is 0. The quantitative estimate of drug-likeness (QED) is 0.836. The van der Waals surface area contributed by atoms with Crippen molar-refractivity contribution >= 4 is 17.2 Å². The van der Waals surface area contributed by atoms with Gasteiger partial charge in [0.05, 0.1) is 0 Å². The molecule has 0 unspecified atom stereocenters. The Kier molecular flexibility index (Phi) is 5.86. The average Bonchev–Trinajstić information content (AvgIpc) is 3.11. The molecule has 24 heavy (non-hydrogen) atoms. The molecule has 1 aromatic rings. The van der Waals surface area contributed by atoms with E-state index < -0.39 is 0 Å². The third kappa shape index (κ3) is 3.96. The Morgan fingerprint density at radius 2 is 2.00 bits per heavy atom. The van der Waals surface area contributed by atoms with Gasteiger partial charge in [0, 0.05) is 24.0 Å². The van der Waals surface area contributed by atoms with E-state index >= 15 is 0 Å². The number of likely N-dealkylation sites (tertiary alicyclic amines) is 2. The molecule has 3 N–H and O–H groups in total. The Morgan fingerprint density at radius 1 is 1.29 bits per heavy atom. The van der Waals surface area contributed by atoms with E-state index in [0.717, 1.165) is 50.6 Å². The maximum atomic E-state index is 12.5. The molecule has 6 nitrogen and oxygen atoms in total. The molecule has 1 amide bonds. The first-order valence-electron chi connectivity index (χ1n) is 8.99. The highest BCUT2D eigenvalue weighted by molar-refractivity contribution is 7.09. The number of hydrogen-bond donors (Lipinski definition) is 2. The standard InChI is InChI=1S/C17H29N5OS/c1-21-9-5-17(6-10-21,22-7-3-2-4-8-22)13-19-16(23)14-12-24-15(11-18)20-14/h12H,2-11,13,18H2,1H3,(H,19,23). The van der Waals surface area contributed by atoms with E-state index in [0.29, 0.717) is 12.2 Å². The lowest BCUT2D eigenvalue weighted by atomic mass is 9.84. The molecule has 0 saturated carbocycles. The first kappa shape index (κ1) is 17.8. The van der Waals surface area contributed by atoms with Crippen molar-refractivity contribution in [3.63, 3.8) is 0 Å². The van der Waals surface area contributed by atoms with Crippen molar-refractivity contribution < 1.29 is 4.79 Å². The van der Waals surface area contributed by atoms with Crippen LogP contribution in [0.3, 0.4) is 0 Å². The topological polar surface area (TPSA) is 74.5 Å². The fourth-order valence-electron chi connectivity index (χ4n) is 3.85. The highest BCUT2D eigenvalue weighted by atomic mass is 32.1. The number of amides is 1. The van der Waals surface area contributed by atoms with E-state index in [9.17, 15) is 4.79 Å². The van der Waals surface area contributed by atoms with Crippen molar-refractivity contribution in [2.75, 3.05) is 39.8 Å². The molecule has 0 spiro atoms. The highest BCUT2D eigenvalue weighted by Gasteiger charge is 2.39. The number of rotatable bonds is 5. The predicted octanol–water partition coefficient (Wildman–Crippen LogP) is 1.28. The van der Waals surface area contributed by atoms with Gasteiger partial charge in [0.1, 0.15) is 10.7 Å². The molecular formula is C17H29N5OS. The van der Waals surface area contributed by atoms with Gasteiger partial charge in [-0.25, -0.2) is 4.98 Å². The second-order valence-corrected chi connectivity index (χ2v) is 8.03.